The second kappa shape index (κ2) is 7.75. The predicted molar refractivity (Wildman–Crippen MR) is 94.5 cm³/mol. The van der Waals surface area contributed by atoms with Crippen LogP contribution in [0, 0.1) is 12.5 Å². The number of halogens is 3. The van der Waals surface area contributed by atoms with Crippen LogP contribution in [0.15, 0.2) is 53.2 Å². The van der Waals surface area contributed by atoms with Crippen LogP contribution in [0.5, 0.6) is 0 Å². The number of benzene rings is 1. The van der Waals surface area contributed by atoms with E-state index < -0.39 is 17.6 Å². The summed E-state index contributed by atoms with van der Waals surface area (Å²) in [5.41, 5.74) is 7.33. The summed E-state index contributed by atoms with van der Waals surface area (Å²) in [5, 5.41) is 6.45. The number of nitrogens with one attached hydrogen (secondary N) is 2. The first-order chi connectivity index (χ1) is 13.3. The Morgan fingerprint density at radius 2 is 1.96 bits per heavy atom. The number of hydrogen-bond acceptors (Lipinski definition) is 6. The Labute approximate surface area is 158 Å². The Bertz CT molecular complexity index is 927. The van der Waals surface area contributed by atoms with Crippen LogP contribution in [-0.4, -0.2) is 33.9 Å². The van der Waals surface area contributed by atoms with E-state index in [1.165, 1.54) is 24.0 Å². The maximum Gasteiger partial charge on any atom is 0.416 e. The minimum absolute atomic E-state index is 0.00713. The van der Waals surface area contributed by atoms with Gasteiger partial charge in [-0.05, 0) is 30.7 Å². The molecule has 1 aliphatic rings. The summed E-state index contributed by atoms with van der Waals surface area (Å²) >= 11 is 0. The lowest BCUT2D eigenvalue weighted by Gasteiger charge is -2.29. The number of carbonyl (C=O) groups is 1. The molecular weight excluding hydrogens is 373 g/mol. The minimum atomic E-state index is -4.53. The number of nitrogens with zero attached hydrogens (tertiary/aromatic N) is 4. The largest absolute Gasteiger partial charge is 0.416 e. The molecule has 1 aromatic carbocycles. The lowest BCUT2D eigenvalue weighted by molar-refractivity contribution is -0.138. The smallest absolute Gasteiger partial charge is 0.332 e. The number of rotatable bonds is 4. The Kier molecular flexibility index (Phi) is 5.39. The van der Waals surface area contributed by atoms with Crippen molar-refractivity contribution >= 4 is 11.9 Å². The quantitative estimate of drug-likeness (QED) is 0.772. The monoisotopic (exact) mass is 390 g/mol. The van der Waals surface area contributed by atoms with Gasteiger partial charge in [0.2, 0.25) is 5.95 Å². The molecule has 146 valence electrons. The molecule has 0 saturated carbocycles. The number of amides is 1. The van der Waals surface area contributed by atoms with Crippen LogP contribution in [0.2, 0.25) is 0 Å². The molecule has 28 heavy (non-hydrogen) atoms. The SMILES string of the molecule is Cc1c(C(=O)N2CCC(Nc3ncccn3)=C(N=N)C2)cccc1C(F)(F)F. The molecular formula is C18H17F3N6O. The zero-order chi connectivity index (χ0) is 20.3. The molecule has 0 aliphatic carbocycles. The zero-order valence-corrected chi connectivity index (χ0v) is 14.9. The van der Waals surface area contributed by atoms with Gasteiger partial charge >= 0.3 is 6.18 Å². The van der Waals surface area contributed by atoms with Crippen molar-refractivity contribution < 1.29 is 18.0 Å². The van der Waals surface area contributed by atoms with Crippen LogP contribution in [0.3, 0.4) is 0 Å². The molecule has 0 atom stereocenters. The molecule has 0 spiro atoms. The number of hydrogen-bond donors (Lipinski definition) is 2. The van der Waals surface area contributed by atoms with Crippen LogP contribution in [0.4, 0.5) is 19.1 Å². The highest BCUT2D eigenvalue weighted by Crippen LogP contribution is 2.33. The lowest BCUT2D eigenvalue weighted by atomic mass is 10.00. The highest BCUT2D eigenvalue weighted by Gasteiger charge is 2.34. The maximum absolute atomic E-state index is 13.1. The Hall–Kier alpha value is -3.30. The van der Waals surface area contributed by atoms with Gasteiger partial charge in [-0.25, -0.2) is 15.5 Å². The van der Waals surface area contributed by atoms with Crippen LogP contribution in [0.25, 0.3) is 0 Å². The average Bonchev–Trinajstić information content (AvgIpc) is 2.68. The first-order valence-corrected chi connectivity index (χ1v) is 8.41. The normalized spacial score (nSPS) is 14.8. The molecule has 10 heteroatoms. The summed E-state index contributed by atoms with van der Waals surface area (Å²) in [6.45, 7) is 1.56. The molecule has 0 saturated heterocycles. The van der Waals surface area contributed by atoms with E-state index in [9.17, 15) is 18.0 Å². The minimum Gasteiger partial charge on any atom is -0.332 e. The van der Waals surface area contributed by atoms with Crippen molar-refractivity contribution in [2.45, 2.75) is 19.5 Å². The van der Waals surface area contributed by atoms with Crippen LogP contribution in [-0.2, 0) is 6.18 Å². The Morgan fingerprint density at radius 3 is 2.61 bits per heavy atom. The van der Waals surface area contributed by atoms with E-state index in [1.807, 2.05) is 0 Å². The van der Waals surface area contributed by atoms with E-state index in [0.29, 0.717) is 23.8 Å². The summed E-state index contributed by atoms with van der Waals surface area (Å²) in [5.74, 6) is -0.188. The molecule has 2 aromatic rings. The van der Waals surface area contributed by atoms with Gasteiger partial charge in [-0.15, -0.1) is 0 Å². The van der Waals surface area contributed by atoms with Gasteiger partial charge < -0.3 is 10.2 Å². The van der Waals surface area contributed by atoms with Gasteiger partial charge in [-0.1, -0.05) is 6.07 Å². The standard InChI is InChI=1S/C18H17F3N6O/c1-11-12(4-2-5-13(11)18(19,20)21)16(28)27-9-6-14(15(10-27)26-22)25-17-23-7-3-8-24-17/h2-5,7-8,22H,6,9-10H2,1H3,(H,23,24,25). The molecule has 0 radical (unpaired) electrons. The van der Waals surface area contributed by atoms with E-state index >= 15 is 0 Å². The highest BCUT2D eigenvalue weighted by atomic mass is 19.4. The number of carbonyl (C=O) groups excluding carboxylic acids is 1. The molecule has 0 unspecified atom stereocenters. The maximum atomic E-state index is 13.1. The number of alkyl halides is 3. The molecule has 7 nitrogen and oxygen atoms in total. The van der Waals surface area contributed by atoms with Crippen LogP contribution < -0.4 is 5.32 Å². The fourth-order valence-corrected chi connectivity index (χ4v) is 3.00. The van der Waals surface area contributed by atoms with Crippen molar-refractivity contribution in [3.63, 3.8) is 0 Å². The second-order valence-corrected chi connectivity index (χ2v) is 6.19. The van der Waals surface area contributed by atoms with Gasteiger partial charge in [-0.2, -0.15) is 18.3 Å². The molecule has 1 aromatic heterocycles. The Morgan fingerprint density at radius 1 is 1.25 bits per heavy atom. The molecule has 2 heterocycles. The first kappa shape index (κ1) is 19.5. The van der Waals surface area contributed by atoms with Gasteiger partial charge in [-0.3, -0.25) is 4.79 Å². The van der Waals surface area contributed by atoms with Gasteiger partial charge in [0.05, 0.1) is 12.1 Å². The lowest BCUT2D eigenvalue weighted by Crippen LogP contribution is -2.38. The van der Waals surface area contributed by atoms with E-state index in [-0.39, 0.29) is 24.2 Å². The topological polar surface area (TPSA) is 94.3 Å². The van der Waals surface area contributed by atoms with Crippen LogP contribution >= 0.6 is 0 Å². The van der Waals surface area contributed by atoms with Crippen molar-refractivity contribution in [3.05, 3.63) is 64.7 Å². The molecule has 1 amide bonds. The third-order valence-corrected chi connectivity index (χ3v) is 4.44. The van der Waals surface area contributed by atoms with Crippen molar-refractivity contribution in [1.29, 1.82) is 5.53 Å². The van der Waals surface area contributed by atoms with E-state index in [2.05, 4.69) is 20.4 Å². The van der Waals surface area contributed by atoms with E-state index in [1.54, 1.807) is 18.5 Å². The van der Waals surface area contributed by atoms with E-state index in [0.717, 1.165) is 6.07 Å². The van der Waals surface area contributed by atoms with Crippen molar-refractivity contribution in [2.75, 3.05) is 18.4 Å². The fraction of sp³-hybridized carbons (Fsp3) is 0.278. The second-order valence-electron chi connectivity index (χ2n) is 6.19. The number of anilines is 1. The number of aromatic nitrogens is 2. The Balaban J connectivity index is 1.83. The van der Waals surface area contributed by atoms with Gasteiger partial charge in [0.1, 0.15) is 5.70 Å². The van der Waals surface area contributed by atoms with Crippen molar-refractivity contribution in [1.82, 2.24) is 14.9 Å². The average molecular weight is 390 g/mol. The fourth-order valence-electron chi connectivity index (χ4n) is 3.00. The summed E-state index contributed by atoms with van der Waals surface area (Å²) in [4.78, 5) is 22.3. The first-order valence-electron chi connectivity index (χ1n) is 8.41. The molecule has 2 N–H and O–H groups in total. The zero-order valence-electron chi connectivity index (χ0n) is 14.9. The van der Waals surface area contributed by atoms with Crippen LogP contribution in [0.1, 0.15) is 27.9 Å². The summed E-state index contributed by atoms with van der Waals surface area (Å²) in [6.07, 6.45) is -1.07. The summed E-state index contributed by atoms with van der Waals surface area (Å²) in [7, 11) is 0. The highest BCUT2D eigenvalue weighted by molar-refractivity contribution is 5.96. The molecule has 3 rings (SSSR count). The summed E-state index contributed by atoms with van der Waals surface area (Å²) < 4.78 is 39.4. The molecule has 1 aliphatic heterocycles. The van der Waals surface area contributed by atoms with E-state index in [4.69, 9.17) is 5.53 Å². The third kappa shape index (κ3) is 4.00. The van der Waals surface area contributed by atoms with Gasteiger partial charge in [0.15, 0.2) is 0 Å². The van der Waals surface area contributed by atoms with Gasteiger partial charge in [0, 0.05) is 36.6 Å². The molecule has 0 fully saturated rings. The predicted octanol–water partition coefficient (Wildman–Crippen LogP) is 4.00. The van der Waals surface area contributed by atoms with Gasteiger partial charge in [0.25, 0.3) is 5.91 Å². The molecule has 0 bridgehead atoms. The van der Waals surface area contributed by atoms with Crippen molar-refractivity contribution in [2.24, 2.45) is 5.11 Å². The summed E-state index contributed by atoms with van der Waals surface area (Å²) in [6, 6.07) is 5.21. The third-order valence-electron chi connectivity index (χ3n) is 4.44. The van der Waals surface area contributed by atoms with Crippen molar-refractivity contribution in [3.8, 4) is 0 Å².